The Labute approximate surface area is 99.5 Å². The van der Waals surface area contributed by atoms with E-state index in [0.29, 0.717) is 17.7 Å². The molecule has 0 unspecified atom stereocenters. The zero-order chi connectivity index (χ0) is 10.6. The Balaban J connectivity index is 2.78. The van der Waals surface area contributed by atoms with Gasteiger partial charge < -0.3 is 0 Å². The van der Waals surface area contributed by atoms with Gasteiger partial charge in [0.15, 0.2) is 0 Å². The number of alkyl halides is 2. The summed E-state index contributed by atoms with van der Waals surface area (Å²) < 4.78 is 0. The largest absolute Gasteiger partial charge is 0.250 e. The van der Waals surface area contributed by atoms with Gasteiger partial charge in [-0.05, 0) is 5.92 Å². The maximum Gasteiger partial charge on any atom is 0.0931 e. The smallest absolute Gasteiger partial charge is 0.0931 e. The molecule has 0 amide bonds. The monoisotopic (exact) mass is 251 g/mol. The summed E-state index contributed by atoms with van der Waals surface area (Å²) in [6, 6.07) is 0. The van der Waals surface area contributed by atoms with Crippen molar-refractivity contribution in [2.24, 2.45) is 11.3 Å². The molecule has 14 heavy (non-hydrogen) atoms. The molecule has 4 heteroatoms. The lowest BCUT2D eigenvalue weighted by Crippen LogP contribution is -2.33. The molecule has 0 atom stereocenters. The number of aromatic nitrogens is 1. The predicted molar refractivity (Wildman–Crippen MR) is 64.5 cm³/mol. The molecule has 80 valence electrons. The van der Waals surface area contributed by atoms with Crippen LogP contribution in [-0.2, 0) is 6.42 Å². The molecule has 0 saturated carbocycles. The minimum absolute atomic E-state index is 0.0129. The first-order valence-electron chi connectivity index (χ1n) is 4.65. The number of halogens is 2. The third kappa shape index (κ3) is 2.62. The van der Waals surface area contributed by atoms with Crippen molar-refractivity contribution in [1.82, 2.24) is 4.98 Å². The van der Waals surface area contributed by atoms with Crippen LogP contribution in [0.5, 0.6) is 0 Å². The molecule has 0 bridgehead atoms. The van der Waals surface area contributed by atoms with Gasteiger partial charge in [-0.15, -0.1) is 34.5 Å². The number of nitrogens with zero attached hydrogens (tertiary/aromatic N) is 1. The number of rotatable bonds is 5. The Morgan fingerprint density at radius 1 is 1.43 bits per heavy atom. The van der Waals surface area contributed by atoms with Gasteiger partial charge in [0, 0.05) is 35.2 Å². The van der Waals surface area contributed by atoms with Crippen molar-refractivity contribution in [3.8, 4) is 0 Å². The van der Waals surface area contributed by atoms with Gasteiger partial charge in [-0.1, -0.05) is 13.8 Å². The molecule has 1 aromatic heterocycles. The Morgan fingerprint density at radius 3 is 2.43 bits per heavy atom. The lowest BCUT2D eigenvalue weighted by Gasteiger charge is -2.33. The van der Waals surface area contributed by atoms with Crippen LogP contribution in [-0.4, -0.2) is 16.7 Å². The zero-order valence-electron chi connectivity index (χ0n) is 8.46. The van der Waals surface area contributed by atoms with Crippen molar-refractivity contribution >= 4 is 34.5 Å². The summed E-state index contributed by atoms with van der Waals surface area (Å²) in [5, 5.41) is 3.11. The highest BCUT2D eigenvalue weighted by molar-refractivity contribution is 7.09. The van der Waals surface area contributed by atoms with E-state index >= 15 is 0 Å². The molecule has 1 rings (SSSR count). The van der Waals surface area contributed by atoms with Crippen LogP contribution in [0.2, 0.25) is 0 Å². The molecule has 1 nitrogen and oxygen atoms in total. The SMILES string of the molecule is CC(C)C(CCl)(CCl)Cc1nccs1. The first kappa shape index (κ1) is 12.3. The third-order valence-corrected chi connectivity index (χ3v) is 4.59. The molecule has 0 radical (unpaired) electrons. The highest BCUT2D eigenvalue weighted by Gasteiger charge is 2.33. The van der Waals surface area contributed by atoms with Crippen molar-refractivity contribution in [3.05, 3.63) is 16.6 Å². The second-order valence-electron chi connectivity index (χ2n) is 3.89. The lowest BCUT2D eigenvalue weighted by molar-refractivity contribution is 0.258. The minimum atomic E-state index is -0.0129. The highest BCUT2D eigenvalue weighted by Crippen LogP contribution is 2.35. The zero-order valence-corrected chi connectivity index (χ0v) is 10.8. The summed E-state index contributed by atoms with van der Waals surface area (Å²) in [5.74, 6) is 1.66. The van der Waals surface area contributed by atoms with Gasteiger partial charge in [-0.25, -0.2) is 4.98 Å². The van der Waals surface area contributed by atoms with E-state index in [-0.39, 0.29) is 5.41 Å². The fourth-order valence-electron chi connectivity index (χ4n) is 1.28. The standard InChI is InChI=1S/C10H15Cl2NS/c1-8(2)10(6-11,7-12)5-9-13-3-4-14-9/h3-4,8H,5-7H2,1-2H3. The van der Waals surface area contributed by atoms with Gasteiger partial charge >= 0.3 is 0 Å². The highest BCUT2D eigenvalue weighted by atomic mass is 35.5. The Morgan fingerprint density at radius 2 is 2.07 bits per heavy atom. The van der Waals surface area contributed by atoms with E-state index in [0.717, 1.165) is 11.4 Å². The Hall–Kier alpha value is 0.210. The molecule has 0 fully saturated rings. The van der Waals surface area contributed by atoms with Gasteiger partial charge in [-0.2, -0.15) is 0 Å². The second kappa shape index (κ2) is 5.34. The van der Waals surface area contributed by atoms with Crippen LogP contribution in [0.4, 0.5) is 0 Å². The normalized spacial score (nSPS) is 12.4. The molecule has 1 aromatic rings. The fourth-order valence-corrected chi connectivity index (χ4v) is 3.15. The van der Waals surface area contributed by atoms with Crippen LogP contribution in [0.25, 0.3) is 0 Å². The maximum atomic E-state index is 6.03. The molecule has 1 heterocycles. The van der Waals surface area contributed by atoms with Crippen molar-refractivity contribution < 1.29 is 0 Å². The molecule has 0 N–H and O–H groups in total. The van der Waals surface area contributed by atoms with E-state index in [1.165, 1.54) is 0 Å². The summed E-state index contributed by atoms with van der Waals surface area (Å²) in [5.41, 5.74) is -0.0129. The Kier molecular flexibility index (Phi) is 4.68. The average molecular weight is 252 g/mol. The quantitative estimate of drug-likeness (QED) is 0.726. The summed E-state index contributed by atoms with van der Waals surface area (Å²) in [6.45, 7) is 4.33. The molecule has 0 aromatic carbocycles. The van der Waals surface area contributed by atoms with Gasteiger partial charge in [0.1, 0.15) is 0 Å². The van der Waals surface area contributed by atoms with E-state index in [4.69, 9.17) is 23.2 Å². The van der Waals surface area contributed by atoms with Crippen molar-refractivity contribution in [3.63, 3.8) is 0 Å². The van der Waals surface area contributed by atoms with E-state index in [2.05, 4.69) is 18.8 Å². The van der Waals surface area contributed by atoms with Crippen LogP contribution < -0.4 is 0 Å². The summed E-state index contributed by atoms with van der Waals surface area (Å²) in [6.07, 6.45) is 2.71. The van der Waals surface area contributed by atoms with Crippen LogP contribution in [0.3, 0.4) is 0 Å². The average Bonchev–Trinajstić information content (AvgIpc) is 2.66. The summed E-state index contributed by atoms with van der Waals surface area (Å²) in [7, 11) is 0. The lowest BCUT2D eigenvalue weighted by atomic mass is 9.78. The van der Waals surface area contributed by atoms with Crippen molar-refractivity contribution in [1.29, 1.82) is 0 Å². The molecule has 0 aliphatic heterocycles. The topological polar surface area (TPSA) is 12.9 Å². The molecular weight excluding hydrogens is 237 g/mol. The van der Waals surface area contributed by atoms with Gasteiger partial charge in [0.25, 0.3) is 0 Å². The maximum absolute atomic E-state index is 6.03. The number of hydrogen-bond acceptors (Lipinski definition) is 2. The van der Waals surface area contributed by atoms with Crippen molar-refractivity contribution in [2.75, 3.05) is 11.8 Å². The second-order valence-corrected chi connectivity index (χ2v) is 5.40. The van der Waals surface area contributed by atoms with Gasteiger partial charge in [0.05, 0.1) is 5.01 Å². The van der Waals surface area contributed by atoms with E-state index < -0.39 is 0 Å². The first-order valence-corrected chi connectivity index (χ1v) is 6.60. The van der Waals surface area contributed by atoms with Crippen LogP contribution in [0, 0.1) is 11.3 Å². The molecule has 0 spiro atoms. The van der Waals surface area contributed by atoms with Crippen LogP contribution in [0.15, 0.2) is 11.6 Å². The minimum Gasteiger partial charge on any atom is -0.250 e. The van der Waals surface area contributed by atoms with E-state index in [9.17, 15) is 0 Å². The molecular formula is C10H15Cl2NS. The molecule has 0 saturated heterocycles. The Bertz CT molecular complexity index is 255. The summed E-state index contributed by atoms with van der Waals surface area (Å²) in [4.78, 5) is 4.28. The van der Waals surface area contributed by atoms with E-state index in [1.807, 2.05) is 11.6 Å². The van der Waals surface area contributed by atoms with Crippen molar-refractivity contribution in [2.45, 2.75) is 20.3 Å². The van der Waals surface area contributed by atoms with E-state index in [1.54, 1.807) is 11.3 Å². The first-order chi connectivity index (χ1) is 6.64. The number of thiazole rings is 1. The van der Waals surface area contributed by atoms with Crippen LogP contribution >= 0.6 is 34.5 Å². The summed E-state index contributed by atoms with van der Waals surface area (Å²) >= 11 is 13.7. The third-order valence-electron chi connectivity index (χ3n) is 2.74. The molecule has 0 aliphatic rings. The molecule has 0 aliphatic carbocycles. The van der Waals surface area contributed by atoms with Gasteiger partial charge in [0.2, 0.25) is 0 Å². The van der Waals surface area contributed by atoms with Crippen LogP contribution in [0.1, 0.15) is 18.9 Å². The fraction of sp³-hybridized carbons (Fsp3) is 0.700. The predicted octanol–water partition coefficient (Wildman–Crippen LogP) is 3.81. The van der Waals surface area contributed by atoms with Gasteiger partial charge in [-0.3, -0.25) is 0 Å². The number of hydrogen-bond donors (Lipinski definition) is 0.